The Kier molecular flexibility index (Phi) is 5.07. The van der Waals surface area contributed by atoms with Gasteiger partial charge in [-0.25, -0.2) is 8.42 Å². The molecule has 0 aliphatic rings. The first-order valence-corrected chi connectivity index (χ1v) is 7.76. The van der Waals surface area contributed by atoms with E-state index in [1.807, 2.05) is 36.4 Å². The van der Waals surface area contributed by atoms with Gasteiger partial charge in [-0.1, -0.05) is 42.5 Å². The molecule has 3 aromatic carbocycles. The van der Waals surface area contributed by atoms with E-state index in [1.54, 1.807) is 24.3 Å². The Balaban J connectivity index is 0.00000176. The molecule has 0 saturated carbocycles. The molecular formula is C16H12MgNO3S+. The number of hydrogen-bond acceptors (Lipinski definition) is 4. The largest absolute Gasteiger partial charge is 2.00 e. The van der Waals surface area contributed by atoms with Gasteiger partial charge in [-0.15, -0.1) is 0 Å². The maximum atomic E-state index is 11.5. The zero-order valence-corrected chi connectivity index (χ0v) is 13.9. The molecule has 0 aliphatic carbocycles. The van der Waals surface area contributed by atoms with Crippen LogP contribution < -0.4 is 5.32 Å². The van der Waals surface area contributed by atoms with E-state index < -0.39 is 10.1 Å². The molecule has 0 saturated heterocycles. The maximum absolute atomic E-state index is 11.5. The van der Waals surface area contributed by atoms with Crippen molar-refractivity contribution in [2.75, 3.05) is 5.32 Å². The van der Waals surface area contributed by atoms with E-state index in [2.05, 4.69) is 5.32 Å². The summed E-state index contributed by atoms with van der Waals surface area (Å²) in [6.45, 7) is 0. The summed E-state index contributed by atoms with van der Waals surface area (Å²) in [4.78, 5) is -0.209. The molecule has 0 amide bonds. The Hall–Kier alpha value is -1.60. The fraction of sp³-hybridized carbons (Fsp3) is 0. The van der Waals surface area contributed by atoms with Crippen LogP contribution >= 0.6 is 0 Å². The Bertz CT molecular complexity index is 890. The number of anilines is 2. The van der Waals surface area contributed by atoms with Gasteiger partial charge in [-0.05, 0) is 29.7 Å². The van der Waals surface area contributed by atoms with Gasteiger partial charge in [0.15, 0.2) is 0 Å². The second-order valence-electron chi connectivity index (χ2n) is 4.60. The van der Waals surface area contributed by atoms with E-state index in [-0.39, 0.29) is 27.9 Å². The molecular weight excluding hydrogens is 311 g/mol. The minimum absolute atomic E-state index is 0. The normalized spacial score (nSPS) is 11.0. The molecule has 3 aromatic rings. The van der Waals surface area contributed by atoms with Gasteiger partial charge in [-0.3, -0.25) is 0 Å². The van der Waals surface area contributed by atoms with Crippen molar-refractivity contribution in [3.63, 3.8) is 0 Å². The fourth-order valence-electron chi connectivity index (χ4n) is 2.30. The quantitative estimate of drug-likeness (QED) is 0.594. The molecule has 1 N–H and O–H groups in total. The number of fused-ring (bicyclic) bond motifs is 1. The van der Waals surface area contributed by atoms with Gasteiger partial charge in [0, 0.05) is 16.8 Å². The maximum Gasteiger partial charge on any atom is 2.00 e. The summed E-state index contributed by atoms with van der Waals surface area (Å²) in [6, 6.07) is 19.4. The second-order valence-corrected chi connectivity index (χ2v) is 5.95. The molecule has 22 heavy (non-hydrogen) atoms. The summed E-state index contributed by atoms with van der Waals surface area (Å²) in [5.74, 6) is 0. The van der Waals surface area contributed by atoms with Crippen molar-refractivity contribution in [1.82, 2.24) is 0 Å². The third-order valence-electron chi connectivity index (χ3n) is 3.19. The topological polar surface area (TPSA) is 69.2 Å². The van der Waals surface area contributed by atoms with E-state index in [4.69, 9.17) is 0 Å². The van der Waals surface area contributed by atoms with Gasteiger partial charge < -0.3 is 9.87 Å². The SMILES string of the molecule is O=S(=O)([O-])c1cccc2cccc(Nc3ccccc3)c12.[Mg+2]. The first-order chi connectivity index (χ1) is 10.1. The van der Waals surface area contributed by atoms with Crippen molar-refractivity contribution >= 4 is 55.3 Å². The Morgan fingerprint density at radius 3 is 2.09 bits per heavy atom. The number of hydrogen-bond donors (Lipinski definition) is 1. The zero-order valence-electron chi connectivity index (χ0n) is 11.7. The summed E-state index contributed by atoms with van der Waals surface area (Å²) >= 11 is 0. The van der Waals surface area contributed by atoms with Crippen LogP contribution in [0.25, 0.3) is 10.8 Å². The van der Waals surface area contributed by atoms with Crippen LogP contribution in [-0.2, 0) is 10.1 Å². The Morgan fingerprint density at radius 1 is 0.818 bits per heavy atom. The minimum atomic E-state index is -4.53. The van der Waals surface area contributed by atoms with Gasteiger partial charge in [0.2, 0.25) is 0 Å². The molecule has 0 fully saturated rings. The van der Waals surface area contributed by atoms with Crippen LogP contribution in [0.15, 0.2) is 71.6 Å². The van der Waals surface area contributed by atoms with E-state index >= 15 is 0 Å². The van der Waals surface area contributed by atoms with Crippen molar-refractivity contribution in [3.05, 3.63) is 66.7 Å². The number of rotatable bonds is 3. The van der Waals surface area contributed by atoms with Crippen LogP contribution in [0.3, 0.4) is 0 Å². The molecule has 0 unspecified atom stereocenters. The van der Waals surface area contributed by atoms with Crippen LogP contribution in [0, 0.1) is 0 Å². The zero-order chi connectivity index (χ0) is 14.9. The van der Waals surface area contributed by atoms with Crippen LogP contribution in [0.2, 0.25) is 0 Å². The van der Waals surface area contributed by atoms with Crippen molar-refractivity contribution < 1.29 is 13.0 Å². The van der Waals surface area contributed by atoms with Gasteiger partial charge in [0.25, 0.3) is 0 Å². The number of benzene rings is 3. The molecule has 0 radical (unpaired) electrons. The summed E-state index contributed by atoms with van der Waals surface area (Å²) in [5, 5.41) is 4.27. The molecule has 0 aliphatic heterocycles. The van der Waals surface area contributed by atoms with Crippen LogP contribution in [0.1, 0.15) is 0 Å². The van der Waals surface area contributed by atoms with Crippen molar-refractivity contribution in [2.45, 2.75) is 4.90 Å². The molecule has 0 aromatic heterocycles. The predicted molar refractivity (Wildman–Crippen MR) is 87.4 cm³/mol. The first kappa shape index (κ1) is 16.8. The summed E-state index contributed by atoms with van der Waals surface area (Å²) in [5.41, 5.74) is 1.41. The minimum Gasteiger partial charge on any atom is -0.744 e. The fourth-order valence-corrected chi connectivity index (χ4v) is 3.02. The van der Waals surface area contributed by atoms with Crippen LogP contribution in [0.4, 0.5) is 11.4 Å². The van der Waals surface area contributed by atoms with E-state index in [9.17, 15) is 13.0 Å². The van der Waals surface area contributed by atoms with Gasteiger partial charge in [0.05, 0.1) is 4.90 Å². The standard InChI is InChI=1S/C16H13NO3S.Mg/c18-21(19,20)15-11-5-7-12-6-4-10-14(16(12)15)17-13-8-2-1-3-9-13;/h1-11,17H,(H,18,19,20);/q;+2/p-1. The molecule has 106 valence electrons. The second kappa shape index (κ2) is 6.66. The summed E-state index contributed by atoms with van der Waals surface area (Å²) < 4.78 is 34.4. The smallest absolute Gasteiger partial charge is 0.744 e. The van der Waals surface area contributed by atoms with Crippen LogP contribution in [0.5, 0.6) is 0 Å². The molecule has 0 bridgehead atoms. The van der Waals surface area contributed by atoms with E-state index in [0.717, 1.165) is 5.69 Å². The van der Waals surface area contributed by atoms with E-state index in [1.165, 1.54) is 6.07 Å². The monoisotopic (exact) mass is 322 g/mol. The third kappa shape index (κ3) is 3.41. The van der Waals surface area contributed by atoms with Crippen molar-refractivity contribution in [3.8, 4) is 0 Å². The molecule has 6 heteroatoms. The first-order valence-electron chi connectivity index (χ1n) is 6.35. The van der Waals surface area contributed by atoms with Crippen molar-refractivity contribution in [1.29, 1.82) is 0 Å². The number of para-hydroxylation sites is 1. The van der Waals surface area contributed by atoms with Gasteiger partial charge in [-0.2, -0.15) is 0 Å². The van der Waals surface area contributed by atoms with Crippen molar-refractivity contribution in [2.24, 2.45) is 0 Å². The summed E-state index contributed by atoms with van der Waals surface area (Å²) in [6.07, 6.45) is 0. The molecule has 3 rings (SSSR count). The molecule has 4 nitrogen and oxygen atoms in total. The van der Waals surface area contributed by atoms with E-state index in [0.29, 0.717) is 16.5 Å². The average Bonchev–Trinajstić information content (AvgIpc) is 2.47. The average molecular weight is 323 g/mol. The Morgan fingerprint density at radius 2 is 1.45 bits per heavy atom. The third-order valence-corrected chi connectivity index (χ3v) is 4.07. The van der Waals surface area contributed by atoms with Gasteiger partial charge in [0.1, 0.15) is 10.1 Å². The molecule has 0 spiro atoms. The molecule has 0 atom stereocenters. The predicted octanol–water partition coefficient (Wildman–Crippen LogP) is 3.11. The number of nitrogens with one attached hydrogen (secondary N) is 1. The Labute approximate surface area is 145 Å². The molecule has 0 heterocycles. The van der Waals surface area contributed by atoms with Crippen LogP contribution in [-0.4, -0.2) is 36.0 Å². The summed E-state index contributed by atoms with van der Waals surface area (Å²) in [7, 11) is -4.53. The van der Waals surface area contributed by atoms with Gasteiger partial charge >= 0.3 is 23.1 Å².